The molecular weight excluding hydrogens is 420 g/mol. The summed E-state index contributed by atoms with van der Waals surface area (Å²) in [5, 5.41) is 0.705. The van der Waals surface area contributed by atoms with Gasteiger partial charge in [0, 0.05) is 20.1 Å². The molecule has 2 aromatic carbocycles. The Morgan fingerprint density at radius 2 is 1.77 bits per heavy atom. The highest BCUT2D eigenvalue weighted by Gasteiger charge is 2.34. The molecule has 30 heavy (non-hydrogen) atoms. The Morgan fingerprint density at radius 1 is 1.07 bits per heavy atom. The third kappa shape index (κ3) is 4.83. The molecule has 0 bridgehead atoms. The number of likely N-dealkylation sites (tertiary alicyclic amines) is 1. The van der Waals surface area contributed by atoms with Crippen LogP contribution in [-0.2, 0) is 16.6 Å². The number of hydrogen-bond acceptors (Lipinski definition) is 4. The van der Waals surface area contributed by atoms with Crippen LogP contribution in [0.25, 0.3) is 0 Å². The third-order valence-corrected chi connectivity index (χ3v) is 8.36. The van der Waals surface area contributed by atoms with Gasteiger partial charge in [-0.25, -0.2) is 12.7 Å². The van der Waals surface area contributed by atoms with Crippen molar-refractivity contribution < 1.29 is 13.2 Å². The standard InChI is InChI=1S/C23H29ClN2O3S/c1-25(30(27,28)21-9-3-2-4-10-21)16-18-14-20(15-18)29-22-11-7-8-19(23(22)24)17-26-12-5-6-13-26/h2-4,7-11,18,20H,5-6,12-17H2,1H3. The molecule has 2 aromatic rings. The van der Waals surface area contributed by atoms with Crippen LogP contribution in [0.2, 0.25) is 5.02 Å². The van der Waals surface area contributed by atoms with E-state index in [0.717, 1.165) is 43.8 Å². The molecule has 4 rings (SSSR count). The summed E-state index contributed by atoms with van der Waals surface area (Å²) in [4.78, 5) is 2.76. The highest BCUT2D eigenvalue weighted by Crippen LogP contribution is 2.37. The number of halogens is 1. The number of nitrogens with zero attached hydrogens (tertiary/aromatic N) is 2. The van der Waals surface area contributed by atoms with Gasteiger partial charge in [-0.2, -0.15) is 0 Å². The van der Waals surface area contributed by atoms with Crippen molar-refractivity contribution in [2.75, 3.05) is 26.7 Å². The summed E-state index contributed by atoms with van der Waals surface area (Å²) in [6.45, 7) is 3.63. The maximum atomic E-state index is 12.7. The smallest absolute Gasteiger partial charge is 0.242 e. The maximum Gasteiger partial charge on any atom is 0.242 e. The van der Waals surface area contributed by atoms with E-state index >= 15 is 0 Å². The highest BCUT2D eigenvalue weighted by atomic mass is 35.5. The minimum Gasteiger partial charge on any atom is -0.489 e. The molecule has 0 radical (unpaired) electrons. The van der Waals surface area contributed by atoms with Gasteiger partial charge in [-0.15, -0.1) is 0 Å². The number of sulfonamides is 1. The minimum atomic E-state index is -3.44. The Balaban J connectivity index is 1.30. The number of ether oxygens (including phenoxy) is 1. The molecule has 2 fully saturated rings. The van der Waals surface area contributed by atoms with Crippen LogP contribution < -0.4 is 4.74 Å². The van der Waals surface area contributed by atoms with Gasteiger partial charge in [0.05, 0.1) is 16.0 Å². The van der Waals surface area contributed by atoms with Crippen LogP contribution in [0.5, 0.6) is 5.75 Å². The maximum absolute atomic E-state index is 12.7. The van der Waals surface area contributed by atoms with Crippen molar-refractivity contribution in [3.63, 3.8) is 0 Å². The zero-order chi connectivity index (χ0) is 21.1. The second-order valence-corrected chi connectivity index (χ2v) is 10.8. The van der Waals surface area contributed by atoms with Gasteiger partial charge in [-0.3, -0.25) is 4.90 Å². The lowest BCUT2D eigenvalue weighted by Crippen LogP contribution is -2.41. The molecule has 0 spiro atoms. The molecule has 1 heterocycles. The third-order valence-electron chi connectivity index (χ3n) is 6.09. The molecule has 162 valence electrons. The fourth-order valence-electron chi connectivity index (χ4n) is 4.28. The van der Waals surface area contributed by atoms with E-state index in [0.29, 0.717) is 22.4 Å². The highest BCUT2D eigenvalue weighted by molar-refractivity contribution is 7.89. The van der Waals surface area contributed by atoms with Gasteiger partial charge in [-0.05, 0) is 68.5 Å². The van der Waals surface area contributed by atoms with Crippen LogP contribution in [0.4, 0.5) is 0 Å². The van der Waals surface area contributed by atoms with Gasteiger partial charge in [0.15, 0.2) is 0 Å². The molecular formula is C23H29ClN2O3S. The summed E-state index contributed by atoms with van der Waals surface area (Å²) in [7, 11) is -1.80. The summed E-state index contributed by atoms with van der Waals surface area (Å²) in [5.41, 5.74) is 1.11. The summed E-state index contributed by atoms with van der Waals surface area (Å²) in [6, 6.07) is 14.6. The summed E-state index contributed by atoms with van der Waals surface area (Å²) in [5.74, 6) is 1.03. The summed E-state index contributed by atoms with van der Waals surface area (Å²) < 4.78 is 33.0. The second kappa shape index (κ2) is 9.27. The second-order valence-electron chi connectivity index (χ2n) is 8.39. The average Bonchev–Trinajstić information content (AvgIpc) is 3.22. The van der Waals surface area contributed by atoms with Crippen LogP contribution in [0.1, 0.15) is 31.2 Å². The van der Waals surface area contributed by atoms with E-state index in [1.54, 1.807) is 31.3 Å². The van der Waals surface area contributed by atoms with Gasteiger partial charge in [0.2, 0.25) is 10.0 Å². The molecule has 1 aliphatic carbocycles. The van der Waals surface area contributed by atoms with Gasteiger partial charge in [-0.1, -0.05) is 41.9 Å². The van der Waals surface area contributed by atoms with Crippen molar-refractivity contribution in [1.29, 1.82) is 0 Å². The fourth-order valence-corrected chi connectivity index (χ4v) is 5.78. The molecule has 7 heteroatoms. The predicted molar refractivity (Wildman–Crippen MR) is 119 cm³/mol. The quantitative estimate of drug-likeness (QED) is 0.600. The van der Waals surface area contributed by atoms with Crippen LogP contribution in [0.3, 0.4) is 0 Å². The van der Waals surface area contributed by atoms with Crippen molar-refractivity contribution in [2.45, 2.75) is 43.2 Å². The van der Waals surface area contributed by atoms with E-state index in [4.69, 9.17) is 16.3 Å². The van der Waals surface area contributed by atoms with Crippen molar-refractivity contribution in [3.8, 4) is 5.75 Å². The lowest BCUT2D eigenvalue weighted by Gasteiger charge is -2.37. The zero-order valence-electron chi connectivity index (χ0n) is 17.3. The summed E-state index contributed by atoms with van der Waals surface area (Å²) >= 11 is 6.62. The molecule has 0 amide bonds. The molecule has 1 saturated heterocycles. The number of benzene rings is 2. The number of hydrogen-bond donors (Lipinski definition) is 0. The van der Waals surface area contributed by atoms with E-state index in [-0.39, 0.29) is 6.10 Å². The molecule has 5 nitrogen and oxygen atoms in total. The van der Waals surface area contributed by atoms with Crippen molar-refractivity contribution in [1.82, 2.24) is 9.21 Å². The predicted octanol–water partition coefficient (Wildman–Crippen LogP) is 4.41. The van der Waals surface area contributed by atoms with Crippen molar-refractivity contribution >= 4 is 21.6 Å². The normalized spacial score (nSPS) is 22.2. The van der Waals surface area contributed by atoms with E-state index in [1.165, 1.54) is 17.1 Å². The van der Waals surface area contributed by atoms with Gasteiger partial charge >= 0.3 is 0 Å². The molecule has 0 unspecified atom stereocenters. The van der Waals surface area contributed by atoms with Gasteiger partial charge in [0.1, 0.15) is 5.75 Å². The minimum absolute atomic E-state index is 0.0855. The average molecular weight is 449 g/mol. The molecule has 0 aromatic heterocycles. The Morgan fingerprint density at radius 3 is 2.47 bits per heavy atom. The Labute approximate surface area is 184 Å². The van der Waals surface area contributed by atoms with Gasteiger partial charge in [0.25, 0.3) is 0 Å². The van der Waals surface area contributed by atoms with Crippen LogP contribution >= 0.6 is 11.6 Å². The largest absolute Gasteiger partial charge is 0.489 e. The van der Waals surface area contributed by atoms with E-state index < -0.39 is 10.0 Å². The molecule has 2 aliphatic rings. The molecule has 1 aliphatic heterocycles. The first-order valence-corrected chi connectivity index (χ1v) is 12.4. The Bertz CT molecular complexity index is 956. The Kier molecular flexibility index (Phi) is 6.68. The molecule has 0 N–H and O–H groups in total. The van der Waals surface area contributed by atoms with E-state index in [2.05, 4.69) is 11.0 Å². The van der Waals surface area contributed by atoms with E-state index in [9.17, 15) is 8.42 Å². The van der Waals surface area contributed by atoms with E-state index in [1.807, 2.05) is 18.2 Å². The SMILES string of the molecule is CN(CC1CC(Oc2cccc(CN3CCCC3)c2Cl)C1)S(=O)(=O)c1ccccc1. The lowest BCUT2D eigenvalue weighted by atomic mass is 9.82. The topological polar surface area (TPSA) is 49.9 Å². The van der Waals surface area contributed by atoms with Crippen molar-refractivity contribution in [3.05, 3.63) is 59.1 Å². The monoisotopic (exact) mass is 448 g/mol. The molecule has 0 atom stereocenters. The number of rotatable bonds is 8. The Hall–Kier alpha value is -1.60. The van der Waals surface area contributed by atoms with Gasteiger partial charge < -0.3 is 4.74 Å². The summed E-state index contributed by atoms with van der Waals surface area (Å²) in [6.07, 6.45) is 4.27. The molecule has 1 saturated carbocycles. The van der Waals surface area contributed by atoms with Crippen molar-refractivity contribution in [2.24, 2.45) is 5.92 Å². The van der Waals surface area contributed by atoms with Crippen LogP contribution in [0.15, 0.2) is 53.4 Å². The van der Waals surface area contributed by atoms with Crippen LogP contribution in [0, 0.1) is 5.92 Å². The lowest BCUT2D eigenvalue weighted by molar-refractivity contribution is 0.0575. The first kappa shape index (κ1) is 21.6. The zero-order valence-corrected chi connectivity index (χ0v) is 18.9. The first-order valence-electron chi connectivity index (χ1n) is 10.6. The van der Waals surface area contributed by atoms with Crippen LogP contribution in [-0.4, -0.2) is 50.4 Å². The fraction of sp³-hybridized carbons (Fsp3) is 0.478. The first-order chi connectivity index (χ1) is 14.4.